The van der Waals surface area contributed by atoms with Crippen molar-refractivity contribution in [2.75, 3.05) is 13.7 Å². The van der Waals surface area contributed by atoms with Crippen LogP contribution in [0.3, 0.4) is 0 Å². The number of aliphatic hydroxyl groups is 2. The number of aliphatic hydroxyl groups excluding tert-OH is 2. The Morgan fingerprint density at radius 2 is 1.80 bits per heavy atom. The van der Waals surface area contributed by atoms with Crippen LogP contribution in [0.15, 0.2) is 11.0 Å². The van der Waals surface area contributed by atoms with E-state index in [0.29, 0.717) is 4.57 Å². The Morgan fingerprint density at radius 1 is 1.23 bits per heavy atom. The van der Waals surface area contributed by atoms with Gasteiger partial charge in [0, 0.05) is 5.88 Å². The minimum atomic E-state index is -5.84. The Labute approximate surface area is 235 Å². The molecular weight excluding hydrogens is 487 g/mol. The van der Waals surface area contributed by atoms with Gasteiger partial charge < -0.3 is 44.0 Å². The van der Waals surface area contributed by atoms with Crippen LogP contribution in [0.5, 0.6) is 11.6 Å². The van der Waals surface area contributed by atoms with E-state index in [-0.39, 0.29) is 94.4 Å². The van der Waals surface area contributed by atoms with Crippen LogP contribution in [0.4, 0.5) is 0 Å². The first-order valence-corrected chi connectivity index (χ1v) is 9.87. The second kappa shape index (κ2) is 13.5. The third-order valence-corrected chi connectivity index (χ3v) is 5.42. The molecule has 2 heterocycles. The van der Waals surface area contributed by atoms with Crippen LogP contribution in [0, 0.1) is 0 Å². The minimum Gasteiger partial charge on any atom is -0.856 e. The number of nitrogens with zero attached hydrogens (tertiary/aromatic N) is 2. The zero-order chi connectivity index (χ0) is 20.6. The largest absolute Gasteiger partial charge is 1.00 e. The molecule has 30 heavy (non-hydrogen) atoms. The average molecular weight is 500 g/mol. The summed E-state index contributed by atoms with van der Waals surface area (Å²) in [5, 5.41) is 31.3. The van der Waals surface area contributed by atoms with Gasteiger partial charge in [0.15, 0.2) is 6.23 Å². The topological polar surface area (TPSA) is 236 Å². The maximum absolute atomic E-state index is 11.8. The molecule has 0 saturated carbocycles. The summed E-state index contributed by atoms with van der Waals surface area (Å²) < 4.78 is 39.7. The number of rotatable bonds is 7. The molecular formula is C10H13N2Na3O13P2. The van der Waals surface area contributed by atoms with Gasteiger partial charge in [-0.05, 0) is 0 Å². The molecule has 0 aromatic carbocycles. The van der Waals surface area contributed by atoms with Gasteiger partial charge in [0.2, 0.25) is 0 Å². The van der Waals surface area contributed by atoms with Gasteiger partial charge in [0.25, 0.3) is 0 Å². The Kier molecular flexibility index (Phi) is 15.2. The Morgan fingerprint density at radius 3 is 2.30 bits per heavy atom. The maximum atomic E-state index is 11.8. The number of hydrogen-bond donors (Lipinski definition) is 3. The van der Waals surface area contributed by atoms with Crippen LogP contribution in [-0.4, -0.2) is 56.7 Å². The van der Waals surface area contributed by atoms with Crippen LogP contribution < -0.4 is 114 Å². The third kappa shape index (κ3) is 9.11. The number of hydrogen-bond acceptors (Lipinski definition) is 13. The smallest absolute Gasteiger partial charge is 0.856 e. The molecule has 0 amide bonds. The second-order valence-electron chi connectivity index (χ2n) is 5.14. The molecule has 15 nitrogen and oxygen atoms in total. The number of phosphoric ester groups is 1. The standard InChI is InChI=1S/C10H16N2O13P2.3Na/c1-22-4-2-12(10(16)11-8(4)15)9-7(14)6(13)5(24-9)3-23-27(20,21)25-26(17,18)19;;;/h2,5-7,9,13-14H,3H2,1H3,(H,20,21)(H,11,15,16)(H2,17,18,19);;;/q;3*+1/p-3. The van der Waals surface area contributed by atoms with Crippen molar-refractivity contribution >= 4 is 15.6 Å². The zero-order valence-corrected chi connectivity index (χ0v) is 24.1. The molecule has 0 spiro atoms. The van der Waals surface area contributed by atoms with E-state index in [2.05, 4.69) is 13.8 Å². The number of aromatic nitrogens is 2. The van der Waals surface area contributed by atoms with Gasteiger partial charge in [-0.25, -0.2) is 14.3 Å². The Balaban J connectivity index is 0. The number of ether oxygens (including phenoxy) is 2. The molecule has 20 heteroatoms. The van der Waals surface area contributed by atoms with Crippen molar-refractivity contribution in [3.63, 3.8) is 0 Å². The molecule has 1 saturated heterocycles. The first kappa shape index (κ1) is 33.8. The second-order valence-corrected chi connectivity index (χ2v) is 7.89. The van der Waals surface area contributed by atoms with Gasteiger partial charge in [-0.1, -0.05) is 0 Å². The summed E-state index contributed by atoms with van der Waals surface area (Å²) in [6.07, 6.45) is -5.81. The normalized spacial score (nSPS) is 25.3. The van der Waals surface area contributed by atoms with E-state index in [0.717, 1.165) is 13.3 Å². The predicted molar refractivity (Wildman–Crippen MR) is 74.9 cm³/mol. The summed E-state index contributed by atoms with van der Waals surface area (Å²) in [4.78, 5) is 44.8. The first-order chi connectivity index (χ1) is 12.3. The van der Waals surface area contributed by atoms with Gasteiger partial charge in [-0.2, -0.15) is 0 Å². The molecule has 5 atom stereocenters. The Hall–Kier alpha value is 1.62. The van der Waals surface area contributed by atoms with E-state index in [1.54, 1.807) is 0 Å². The van der Waals surface area contributed by atoms with Crippen molar-refractivity contribution in [1.82, 2.24) is 9.55 Å². The van der Waals surface area contributed by atoms with Gasteiger partial charge in [-0.3, -0.25) is 13.4 Å². The van der Waals surface area contributed by atoms with E-state index >= 15 is 0 Å². The third-order valence-electron chi connectivity index (χ3n) is 3.32. The minimum absolute atomic E-state index is 0. The van der Waals surface area contributed by atoms with E-state index in [4.69, 9.17) is 14.4 Å². The van der Waals surface area contributed by atoms with Crippen LogP contribution in [0.2, 0.25) is 0 Å². The van der Waals surface area contributed by atoms with Crippen molar-refractivity contribution in [3.8, 4) is 11.6 Å². The molecule has 0 radical (unpaired) electrons. The van der Waals surface area contributed by atoms with Crippen molar-refractivity contribution in [2.45, 2.75) is 24.5 Å². The number of methoxy groups -OCH3 is 1. The fourth-order valence-corrected chi connectivity index (χ4v) is 3.71. The molecule has 1 fully saturated rings. The van der Waals surface area contributed by atoms with Gasteiger partial charge in [0.1, 0.15) is 24.1 Å². The van der Waals surface area contributed by atoms with E-state index < -0.39 is 58.4 Å². The summed E-state index contributed by atoms with van der Waals surface area (Å²) in [6, 6.07) is 0. The van der Waals surface area contributed by atoms with E-state index in [1.807, 2.05) is 0 Å². The molecule has 2 rings (SSSR count). The molecule has 5 unspecified atom stereocenters. The molecule has 1 aromatic rings. The fraction of sp³-hybridized carbons (Fsp3) is 0.600. The van der Waals surface area contributed by atoms with Crippen LogP contribution >= 0.6 is 15.6 Å². The summed E-state index contributed by atoms with van der Waals surface area (Å²) in [5.41, 5.74) is -1.14. The Bertz CT molecular complexity index is 851. The summed E-state index contributed by atoms with van der Waals surface area (Å²) in [7, 11) is -10.1. The SMILES string of the molecule is COc1cn(C2OC(COP(=O)(O)OP(=O)([O-])[O-])C(O)C2O)c(=O)nc1[O-].[Na+].[Na+].[Na+]. The molecule has 0 aliphatic carbocycles. The molecule has 1 aliphatic rings. The van der Waals surface area contributed by atoms with Crippen molar-refractivity contribution in [3.05, 3.63) is 16.7 Å². The van der Waals surface area contributed by atoms with Crippen molar-refractivity contribution < 1.29 is 146 Å². The number of phosphoric acid groups is 2. The molecule has 1 aromatic heterocycles. The molecule has 1 aliphatic heterocycles. The predicted octanol–water partition coefficient (Wildman–Crippen LogP) is -13.1. The molecule has 3 N–H and O–H groups in total. The first-order valence-electron chi connectivity index (χ1n) is 6.91. The van der Waals surface area contributed by atoms with E-state index in [9.17, 15) is 39.0 Å². The van der Waals surface area contributed by atoms with Gasteiger partial charge in [0.05, 0.1) is 27.7 Å². The average Bonchev–Trinajstić information content (AvgIpc) is 2.79. The van der Waals surface area contributed by atoms with Gasteiger partial charge >= 0.3 is 102 Å². The van der Waals surface area contributed by atoms with E-state index in [1.165, 1.54) is 0 Å². The molecule has 0 bridgehead atoms. The zero-order valence-electron chi connectivity index (χ0n) is 16.3. The van der Waals surface area contributed by atoms with Crippen molar-refractivity contribution in [2.24, 2.45) is 0 Å². The quantitative estimate of drug-likeness (QED) is 0.233. The summed E-state index contributed by atoms with van der Waals surface area (Å²) >= 11 is 0. The maximum Gasteiger partial charge on any atom is 1.00 e. The van der Waals surface area contributed by atoms with Crippen LogP contribution in [-0.2, 0) is 22.7 Å². The van der Waals surface area contributed by atoms with Crippen LogP contribution in [0.1, 0.15) is 6.23 Å². The fourth-order valence-electron chi connectivity index (χ4n) is 2.17. The monoisotopic (exact) mass is 500 g/mol. The summed E-state index contributed by atoms with van der Waals surface area (Å²) in [5.74, 6) is -1.35. The summed E-state index contributed by atoms with van der Waals surface area (Å²) in [6.45, 7) is -0.999. The van der Waals surface area contributed by atoms with Crippen LogP contribution in [0.25, 0.3) is 0 Å². The molecule has 154 valence electrons. The van der Waals surface area contributed by atoms with Crippen molar-refractivity contribution in [1.29, 1.82) is 0 Å². The van der Waals surface area contributed by atoms with Gasteiger partial charge in [-0.15, -0.1) is 0 Å².